The standard InChI is InChI=1S/C13H14Cl2N2O.C13H15ClN2O.C13H15FN2O/c14-10-3-4-11(12(15)8-10)13(18)2-1-6-17-7-5-16-9-17;2*14-12-5-3-11(4-6-12)13(17)2-1-8-16-9-7-15-10-16/h3-5,7-9,13,18H,1-2,6H2;2*3-7,9-10,13,17H,1-2,8H2. The van der Waals surface area contributed by atoms with Crippen molar-refractivity contribution in [1.29, 1.82) is 0 Å². The molecule has 0 aliphatic carbocycles. The van der Waals surface area contributed by atoms with Crippen LogP contribution in [0.2, 0.25) is 15.1 Å². The molecule has 3 heterocycles. The van der Waals surface area contributed by atoms with Gasteiger partial charge in [0.25, 0.3) is 0 Å². The number of nitrogens with zero attached hydrogens (tertiary/aromatic N) is 6. The Hall–Kier alpha value is -4.03. The molecule has 6 aromatic rings. The van der Waals surface area contributed by atoms with Crippen molar-refractivity contribution < 1.29 is 19.7 Å². The van der Waals surface area contributed by atoms with Gasteiger partial charge in [0.15, 0.2) is 0 Å². The zero-order valence-corrected chi connectivity index (χ0v) is 30.9. The summed E-state index contributed by atoms with van der Waals surface area (Å²) in [5.74, 6) is -0.278. The van der Waals surface area contributed by atoms with E-state index in [1.165, 1.54) is 12.1 Å². The maximum atomic E-state index is 12.7. The Morgan fingerprint density at radius 2 is 0.942 bits per heavy atom. The third-order valence-corrected chi connectivity index (χ3v) is 9.00. The van der Waals surface area contributed by atoms with Crippen LogP contribution in [0.3, 0.4) is 0 Å². The monoisotopic (exact) mass is 768 g/mol. The lowest BCUT2D eigenvalue weighted by Gasteiger charge is -2.13. The van der Waals surface area contributed by atoms with Gasteiger partial charge in [0.1, 0.15) is 5.82 Å². The first-order valence-corrected chi connectivity index (χ1v) is 18.2. The van der Waals surface area contributed by atoms with E-state index in [2.05, 4.69) is 15.0 Å². The molecule has 0 saturated heterocycles. The van der Waals surface area contributed by atoms with Gasteiger partial charge in [-0.2, -0.15) is 0 Å². The van der Waals surface area contributed by atoms with Gasteiger partial charge in [0, 0.05) is 71.9 Å². The summed E-state index contributed by atoms with van der Waals surface area (Å²) in [6, 6.07) is 18.5. The molecular weight excluding hydrogens is 726 g/mol. The second-order valence-corrected chi connectivity index (χ2v) is 13.4. The van der Waals surface area contributed by atoms with E-state index in [1.54, 1.807) is 80.0 Å². The molecular formula is C39H44Cl3FN6O3. The van der Waals surface area contributed by atoms with Gasteiger partial charge in [-0.25, -0.2) is 19.3 Å². The Kier molecular flexibility index (Phi) is 17.3. The number of rotatable bonds is 15. The molecule has 9 nitrogen and oxygen atoms in total. The second kappa shape index (κ2) is 22.1. The van der Waals surface area contributed by atoms with Crippen molar-refractivity contribution in [3.8, 4) is 0 Å². The molecule has 3 N–H and O–H groups in total. The average molecular weight is 770 g/mol. The van der Waals surface area contributed by atoms with Crippen molar-refractivity contribution in [3.05, 3.63) is 160 Å². The molecule has 0 spiro atoms. The predicted molar refractivity (Wildman–Crippen MR) is 204 cm³/mol. The molecule has 0 aliphatic heterocycles. The Morgan fingerprint density at radius 3 is 1.35 bits per heavy atom. The van der Waals surface area contributed by atoms with Crippen molar-refractivity contribution >= 4 is 34.8 Å². The molecule has 6 rings (SSSR count). The number of halogens is 4. The summed E-state index contributed by atoms with van der Waals surface area (Å²) in [6.45, 7) is 2.55. The lowest BCUT2D eigenvalue weighted by atomic mass is 10.0. The van der Waals surface area contributed by atoms with Crippen LogP contribution >= 0.6 is 34.8 Å². The molecule has 0 aliphatic rings. The normalized spacial score (nSPS) is 12.6. The van der Waals surface area contributed by atoms with Crippen LogP contribution in [0.5, 0.6) is 0 Å². The molecule has 0 bridgehead atoms. The van der Waals surface area contributed by atoms with E-state index in [4.69, 9.17) is 34.8 Å². The maximum Gasteiger partial charge on any atom is 0.123 e. The van der Waals surface area contributed by atoms with Crippen LogP contribution in [0.1, 0.15) is 73.5 Å². The van der Waals surface area contributed by atoms with Crippen molar-refractivity contribution in [3.63, 3.8) is 0 Å². The molecule has 3 unspecified atom stereocenters. The van der Waals surface area contributed by atoms with Crippen molar-refractivity contribution in [2.24, 2.45) is 0 Å². The third-order valence-electron chi connectivity index (χ3n) is 8.19. The third kappa shape index (κ3) is 14.5. The van der Waals surface area contributed by atoms with E-state index in [-0.39, 0.29) is 5.82 Å². The Labute approximate surface area is 318 Å². The van der Waals surface area contributed by atoms with Gasteiger partial charge in [0.05, 0.1) is 37.3 Å². The smallest absolute Gasteiger partial charge is 0.123 e. The number of aliphatic hydroxyl groups excluding tert-OH is 3. The minimum absolute atomic E-state index is 0.278. The quantitative estimate of drug-likeness (QED) is 0.0960. The van der Waals surface area contributed by atoms with Crippen LogP contribution in [0.25, 0.3) is 0 Å². The summed E-state index contributed by atoms with van der Waals surface area (Å²) in [5.41, 5.74) is 2.41. The zero-order valence-electron chi connectivity index (χ0n) is 28.7. The molecule has 0 saturated carbocycles. The van der Waals surface area contributed by atoms with Gasteiger partial charge in [0.2, 0.25) is 0 Å². The average Bonchev–Trinajstić information content (AvgIpc) is 3.95. The van der Waals surface area contributed by atoms with E-state index >= 15 is 0 Å². The Balaban J connectivity index is 0.000000175. The van der Waals surface area contributed by atoms with E-state index in [1.807, 2.05) is 44.4 Å². The maximum absolute atomic E-state index is 12.7. The molecule has 3 aromatic carbocycles. The minimum atomic E-state index is -0.557. The second-order valence-electron chi connectivity index (χ2n) is 12.1. The van der Waals surface area contributed by atoms with Crippen molar-refractivity contribution in [2.45, 2.75) is 76.5 Å². The summed E-state index contributed by atoms with van der Waals surface area (Å²) < 4.78 is 18.7. The lowest BCUT2D eigenvalue weighted by Crippen LogP contribution is -2.01. The lowest BCUT2D eigenvalue weighted by molar-refractivity contribution is 0.162. The van der Waals surface area contributed by atoms with Gasteiger partial charge in [-0.15, -0.1) is 0 Å². The van der Waals surface area contributed by atoms with Crippen LogP contribution in [-0.2, 0) is 19.6 Å². The summed E-state index contributed by atoms with van der Waals surface area (Å²) in [7, 11) is 0. The van der Waals surface area contributed by atoms with E-state index in [9.17, 15) is 19.7 Å². The first kappa shape index (κ1) is 40.7. The van der Waals surface area contributed by atoms with Gasteiger partial charge in [-0.05, 0) is 91.6 Å². The molecule has 13 heteroatoms. The highest BCUT2D eigenvalue weighted by Crippen LogP contribution is 2.29. The fraction of sp³-hybridized carbons (Fsp3) is 0.308. The van der Waals surface area contributed by atoms with E-state index in [0.29, 0.717) is 27.9 Å². The van der Waals surface area contributed by atoms with Gasteiger partial charge in [-0.3, -0.25) is 0 Å². The number of aliphatic hydroxyl groups is 3. The first-order valence-electron chi connectivity index (χ1n) is 17.0. The highest BCUT2D eigenvalue weighted by atomic mass is 35.5. The van der Waals surface area contributed by atoms with Gasteiger partial charge < -0.3 is 29.0 Å². The fourth-order valence-corrected chi connectivity index (χ4v) is 5.95. The van der Waals surface area contributed by atoms with Gasteiger partial charge in [-0.1, -0.05) is 65.1 Å². The van der Waals surface area contributed by atoms with E-state index in [0.717, 1.165) is 62.0 Å². The summed E-state index contributed by atoms with van der Waals surface area (Å²) >= 11 is 17.7. The molecule has 0 amide bonds. The molecule has 0 radical (unpaired) electrons. The Morgan fingerprint density at radius 1 is 0.538 bits per heavy atom. The highest BCUT2D eigenvalue weighted by Gasteiger charge is 2.12. The number of aryl methyl sites for hydroxylation is 3. The number of hydrogen-bond donors (Lipinski definition) is 3. The van der Waals surface area contributed by atoms with Crippen LogP contribution in [-0.4, -0.2) is 44.0 Å². The fourth-order valence-electron chi connectivity index (χ4n) is 5.29. The SMILES string of the molecule is OC(CCCn1ccnc1)c1ccc(Cl)cc1.OC(CCCn1ccnc1)c1ccc(Cl)cc1Cl.OC(CCCn1ccnc1)c1ccc(F)cc1. The predicted octanol–water partition coefficient (Wildman–Crippen LogP) is 9.29. The highest BCUT2D eigenvalue weighted by molar-refractivity contribution is 6.35. The summed E-state index contributed by atoms with van der Waals surface area (Å²) in [6.07, 6.45) is 19.4. The van der Waals surface area contributed by atoms with Crippen molar-refractivity contribution in [2.75, 3.05) is 0 Å². The van der Waals surface area contributed by atoms with Crippen LogP contribution in [0, 0.1) is 5.82 Å². The molecule has 52 heavy (non-hydrogen) atoms. The minimum Gasteiger partial charge on any atom is -0.388 e. The summed E-state index contributed by atoms with van der Waals surface area (Å²) in [4.78, 5) is 11.9. The van der Waals surface area contributed by atoms with Crippen LogP contribution < -0.4 is 0 Å². The zero-order chi connectivity index (χ0) is 37.1. The topological polar surface area (TPSA) is 114 Å². The van der Waals surface area contributed by atoms with Gasteiger partial charge >= 0.3 is 0 Å². The van der Waals surface area contributed by atoms with Crippen LogP contribution in [0.15, 0.2) is 123 Å². The van der Waals surface area contributed by atoms with E-state index < -0.39 is 18.3 Å². The van der Waals surface area contributed by atoms with Crippen LogP contribution in [0.4, 0.5) is 4.39 Å². The van der Waals surface area contributed by atoms with Crippen molar-refractivity contribution in [1.82, 2.24) is 28.7 Å². The molecule has 3 atom stereocenters. The number of hydrogen-bond acceptors (Lipinski definition) is 6. The largest absolute Gasteiger partial charge is 0.388 e. The number of aromatic nitrogens is 6. The number of benzene rings is 3. The molecule has 3 aromatic heterocycles. The first-order chi connectivity index (χ1) is 25.2. The summed E-state index contributed by atoms with van der Waals surface area (Å²) in [5, 5.41) is 31.7. The number of imidazole rings is 3. The molecule has 276 valence electrons. The molecule has 0 fully saturated rings. The Bertz CT molecular complexity index is 1720.